The van der Waals surface area contributed by atoms with Crippen LogP contribution in [0.25, 0.3) is 0 Å². The lowest BCUT2D eigenvalue weighted by Crippen LogP contribution is -2.38. The van der Waals surface area contributed by atoms with Crippen molar-refractivity contribution in [1.29, 1.82) is 0 Å². The van der Waals surface area contributed by atoms with Gasteiger partial charge >= 0.3 is 0 Å². The van der Waals surface area contributed by atoms with Gasteiger partial charge < -0.3 is 19.9 Å². The maximum atomic E-state index is 12.2. The molecule has 1 aromatic rings. The largest absolute Gasteiger partial charge is 0.397 e. The van der Waals surface area contributed by atoms with E-state index >= 15 is 0 Å². The highest BCUT2D eigenvalue weighted by Crippen LogP contribution is 2.16. The zero-order valence-corrected chi connectivity index (χ0v) is 9.64. The lowest BCUT2D eigenvalue weighted by molar-refractivity contribution is 0.0702. The molecule has 88 valence electrons. The fourth-order valence-electron chi connectivity index (χ4n) is 1.98. The molecule has 2 N–H and O–H groups in total. The SMILES string of the molecule is CN(C(=O)c1cc(N)cn1C)C1CCOC1. The van der Waals surface area contributed by atoms with E-state index in [9.17, 15) is 4.79 Å². The molecule has 1 saturated heterocycles. The number of nitrogen functional groups attached to an aromatic ring is 1. The van der Waals surface area contributed by atoms with Crippen LogP contribution in [0.1, 0.15) is 16.9 Å². The van der Waals surface area contributed by atoms with Crippen LogP contribution in [-0.2, 0) is 11.8 Å². The van der Waals surface area contributed by atoms with Crippen molar-refractivity contribution in [3.8, 4) is 0 Å². The Hall–Kier alpha value is -1.49. The summed E-state index contributed by atoms with van der Waals surface area (Å²) in [6.45, 7) is 1.36. The van der Waals surface area contributed by atoms with Crippen LogP contribution in [-0.4, -0.2) is 41.7 Å². The second kappa shape index (κ2) is 4.17. The highest BCUT2D eigenvalue weighted by atomic mass is 16.5. The molecule has 16 heavy (non-hydrogen) atoms. The van der Waals surface area contributed by atoms with Crippen molar-refractivity contribution < 1.29 is 9.53 Å². The Labute approximate surface area is 94.8 Å². The summed E-state index contributed by atoms with van der Waals surface area (Å²) in [7, 11) is 3.63. The number of carbonyl (C=O) groups is 1. The summed E-state index contributed by atoms with van der Waals surface area (Å²) in [4.78, 5) is 13.9. The van der Waals surface area contributed by atoms with Crippen LogP contribution in [0.3, 0.4) is 0 Å². The number of hydrogen-bond donors (Lipinski definition) is 1. The van der Waals surface area contributed by atoms with Crippen molar-refractivity contribution in [1.82, 2.24) is 9.47 Å². The topological polar surface area (TPSA) is 60.5 Å². The first-order valence-electron chi connectivity index (χ1n) is 5.36. The van der Waals surface area contributed by atoms with Crippen LogP contribution < -0.4 is 5.73 Å². The van der Waals surface area contributed by atoms with E-state index in [-0.39, 0.29) is 11.9 Å². The number of likely N-dealkylation sites (N-methyl/N-ethyl adjacent to an activating group) is 1. The predicted octanol–water partition coefficient (Wildman–Crippen LogP) is 0.468. The summed E-state index contributed by atoms with van der Waals surface area (Å²) in [5.74, 6) is -0.00491. The number of carbonyl (C=O) groups excluding carboxylic acids is 1. The van der Waals surface area contributed by atoms with Crippen molar-refractivity contribution in [2.24, 2.45) is 7.05 Å². The number of hydrogen-bond acceptors (Lipinski definition) is 3. The Morgan fingerprint density at radius 1 is 1.69 bits per heavy atom. The van der Waals surface area contributed by atoms with Crippen molar-refractivity contribution >= 4 is 11.6 Å². The molecular formula is C11H17N3O2. The third kappa shape index (κ3) is 1.90. The standard InChI is InChI=1S/C11H17N3O2/c1-13-6-8(12)5-10(13)11(15)14(2)9-3-4-16-7-9/h5-6,9H,3-4,7,12H2,1-2H3. The molecule has 1 aromatic heterocycles. The minimum atomic E-state index is -0.00491. The van der Waals surface area contributed by atoms with Gasteiger partial charge in [-0.25, -0.2) is 0 Å². The number of rotatable bonds is 2. The van der Waals surface area contributed by atoms with E-state index in [1.165, 1.54) is 0 Å². The fourth-order valence-corrected chi connectivity index (χ4v) is 1.98. The molecule has 0 bridgehead atoms. The monoisotopic (exact) mass is 223 g/mol. The Morgan fingerprint density at radius 2 is 2.44 bits per heavy atom. The number of anilines is 1. The minimum Gasteiger partial charge on any atom is -0.397 e. The van der Waals surface area contributed by atoms with Gasteiger partial charge in [-0.2, -0.15) is 0 Å². The first-order chi connectivity index (χ1) is 7.59. The third-order valence-corrected chi connectivity index (χ3v) is 3.02. The van der Waals surface area contributed by atoms with E-state index in [0.717, 1.165) is 13.0 Å². The Balaban J connectivity index is 2.14. The van der Waals surface area contributed by atoms with Gasteiger partial charge in [-0.15, -0.1) is 0 Å². The lowest BCUT2D eigenvalue weighted by atomic mass is 10.2. The molecule has 1 atom stereocenters. The normalized spacial score (nSPS) is 20.0. The maximum absolute atomic E-state index is 12.2. The van der Waals surface area contributed by atoms with E-state index in [0.29, 0.717) is 18.0 Å². The number of aryl methyl sites for hydroxylation is 1. The van der Waals surface area contributed by atoms with E-state index in [1.54, 1.807) is 21.7 Å². The highest BCUT2D eigenvalue weighted by molar-refractivity contribution is 5.93. The van der Waals surface area contributed by atoms with E-state index < -0.39 is 0 Å². The van der Waals surface area contributed by atoms with Crippen molar-refractivity contribution in [3.05, 3.63) is 18.0 Å². The molecule has 0 spiro atoms. The van der Waals surface area contributed by atoms with Gasteiger partial charge in [-0.3, -0.25) is 4.79 Å². The van der Waals surface area contributed by atoms with Crippen LogP contribution in [0.4, 0.5) is 5.69 Å². The molecule has 5 heteroatoms. The molecule has 1 fully saturated rings. The Bertz CT molecular complexity index is 394. The van der Waals surface area contributed by atoms with Crippen LogP contribution in [0.2, 0.25) is 0 Å². The smallest absolute Gasteiger partial charge is 0.270 e. The summed E-state index contributed by atoms with van der Waals surface area (Å²) in [6.07, 6.45) is 2.65. The number of amides is 1. The summed E-state index contributed by atoms with van der Waals surface area (Å²) in [6, 6.07) is 1.89. The van der Waals surface area contributed by atoms with Gasteiger partial charge in [0.05, 0.1) is 18.3 Å². The summed E-state index contributed by atoms with van der Waals surface area (Å²) in [5.41, 5.74) is 6.88. The van der Waals surface area contributed by atoms with Gasteiger partial charge in [0.1, 0.15) is 5.69 Å². The average molecular weight is 223 g/mol. The van der Waals surface area contributed by atoms with Crippen molar-refractivity contribution in [3.63, 3.8) is 0 Å². The second-order valence-corrected chi connectivity index (χ2v) is 4.20. The minimum absolute atomic E-state index is 0.00491. The zero-order valence-electron chi connectivity index (χ0n) is 9.64. The van der Waals surface area contributed by atoms with E-state index in [2.05, 4.69) is 0 Å². The molecule has 1 aliphatic rings. The van der Waals surface area contributed by atoms with Gasteiger partial charge in [-0.1, -0.05) is 0 Å². The average Bonchev–Trinajstić information content (AvgIpc) is 2.85. The number of aromatic nitrogens is 1. The molecule has 1 amide bonds. The van der Waals surface area contributed by atoms with Gasteiger partial charge in [0, 0.05) is 26.9 Å². The molecule has 2 rings (SSSR count). The predicted molar refractivity (Wildman–Crippen MR) is 61.1 cm³/mol. The molecule has 1 unspecified atom stereocenters. The Morgan fingerprint density at radius 3 is 2.94 bits per heavy atom. The van der Waals surface area contributed by atoms with Gasteiger partial charge in [0.25, 0.3) is 5.91 Å². The zero-order chi connectivity index (χ0) is 11.7. The molecule has 2 heterocycles. The molecular weight excluding hydrogens is 206 g/mol. The second-order valence-electron chi connectivity index (χ2n) is 4.20. The van der Waals surface area contributed by atoms with Crippen molar-refractivity contribution in [2.75, 3.05) is 26.0 Å². The summed E-state index contributed by atoms with van der Waals surface area (Å²) in [5, 5.41) is 0. The number of nitrogens with zero attached hydrogens (tertiary/aromatic N) is 2. The van der Waals surface area contributed by atoms with Crippen LogP contribution in [0.15, 0.2) is 12.3 Å². The van der Waals surface area contributed by atoms with Gasteiger partial charge in [0.15, 0.2) is 0 Å². The quantitative estimate of drug-likeness (QED) is 0.792. The first-order valence-corrected chi connectivity index (χ1v) is 5.36. The maximum Gasteiger partial charge on any atom is 0.270 e. The molecule has 1 aliphatic heterocycles. The van der Waals surface area contributed by atoms with Crippen LogP contribution in [0.5, 0.6) is 0 Å². The fraction of sp³-hybridized carbons (Fsp3) is 0.545. The summed E-state index contributed by atoms with van der Waals surface area (Å²) >= 11 is 0. The summed E-state index contributed by atoms with van der Waals surface area (Å²) < 4.78 is 7.03. The number of nitrogens with two attached hydrogens (primary N) is 1. The van der Waals surface area contributed by atoms with Gasteiger partial charge in [0.2, 0.25) is 0 Å². The molecule has 0 radical (unpaired) electrons. The highest BCUT2D eigenvalue weighted by Gasteiger charge is 2.26. The molecule has 0 aromatic carbocycles. The lowest BCUT2D eigenvalue weighted by Gasteiger charge is -2.23. The Kier molecular flexibility index (Phi) is 2.87. The third-order valence-electron chi connectivity index (χ3n) is 3.02. The van der Waals surface area contributed by atoms with Crippen molar-refractivity contribution in [2.45, 2.75) is 12.5 Å². The number of ether oxygens (including phenoxy) is 1. The molecule has 5 nitrogen and oxygen atoms in total. The molecule has 0 aliphatic carbocycles. The molecule has 0 saturated carbocycles. The van der Waals surface area contributed by atoms with Gasteiger partial charge in [-0.05, 0) is 12.5 Å². The van der Waals surface area contributed by atoms with Crippen LogP contribution >= 0.6 is 0 Å². The first kappa shape index (κ1) is 11.0. The van der Waals surface area contributed by atoms with E-state index in [1.807, 2.05) is 14.1 Å². The van der Waals surface area contributed by atoms with E-state index in [4.69, 9.17) is 10.5 Å². The van der Waals surface area contributed by atoms with Crippen LogP contribution in [0, 0.1) is 0 Å².